The highest BCUT2D eigenvalue weighted by molar-refractivity contribution is 5.77. The van der Waals surface area contributed by atoms with Crippen LogP contribution >= 0.6 is 0 Å². The number of hydrogen-bond acceptors (Lipinski definition) is 3. The average molecular weight is 312 g/mol. The molecule has 3 N–H and O–H groups in total. The summed E-state index contributed by atoms with van der Waals surface area (Å²) in [5.74, 6) is -0.781. The first-order valence-electron chi connectivity index (χ1n) is 8.89. The second-order valence-corrected chi connectivity index (χ2v) is 6.38. The van der Waals surface area contributed by atoms with Crippen LogP contribution in [0.15, 0.2) is 0 Å². The van der Waals surface area contributed by atoms with Crippen molar-refractivity contribution in [1.29, 1.82) is 0 Å². The lowest BCUT2D eigenvalue weighted by Gasteiger charge is -2.11. The zero-order valence-corrected chi connectivity index (χ0v) is 13.9. The van der Waals surface area contributed by atoms with Gasteiger partial charge in [0.2, 0.25) is 5.91 Å². The van der Waals surface area contributed by atoms with Gasteiger partial charge >= 0.3 is 5.97 Å². The molecule has 128 valence electrons. The van der Waals surface area contributed by atoms with Crippen LogP contribution < -0.4 is 10.6 Å². The summed E-state index contributed by atoms with van der Waals surface area (Å²) in [6.45, 7) is 2.79. The first-order chi connectivity index (χ1) is 10.6. The van der Waals surface area contributed by atoms with E-state index in [4.69, 9.17) is 5.11 Å². The molecule has 1 amide bonds. The van der Waals surface area contributed by atoms with E-state index in [2.05, 4.69) is 17.6 Å². The number of carbonyl (C=O) groups is 2. The van der Waals surface area contributed by atoms with E-state index in [-0.39, 0.29) is 11.9 Å². The molecule has 22 heavy (non-hydrogen) atoms. The van der Waals surface area contributed by atoms with Crippen LogP contribution in [0.25, 0.3) is 0 Å². The predicted octanol–water partition coefficient (Wildman–Crippen LogP) is 2.84. The summed E-state index contributed by atoms with van der Waals surface area (Å²) in [6.07, 6.45) is 12.2. The van der Waals surface area contributed by atoms with E-state index < -0.39 is 12.0 Å². The molecule has 1 aliphatic heterocycles. The van der Waals surface area contributed by atoms with E-state index in [0.717, 1.165) is 12.8 Å². The van der Waals surface area contributed by atoms with Crippen LogP contribution in [0.5, 0.6) is 0 Å². The maximum Gasteiger partial charge on any atom is 0.320 e. The molecule has 5 heteroatoms. The van der Waals surface area contributed by atoms with E-state index in [9.17, 15) is 9.59 Å². The van der Waals surface area contributed by atoms with Crippen LogP contribution in [0.3, 0.4) is 0 Å². The van der Waals surface area contributed by atoms with Crippen molar-refractivity contribution >= 4 is 11.9 Å². The van der Waals surface area contributed by atoms with Crippen molar-refractivity contribution in [2.75, 3.05) is 6.54 Å². The fraction of sp³-hybridized carbons (Fsp3) is 0.882. The molecule has 0 aliphatic carbocycles. The lowest BCUT2D eigenvalue weighted by molar-refractivity contribution is -0.139. The third-order valence-electron chi connectivity index (χ3n) is 4.30. The van der Waals surface area contributed by atoms with E-state index in [0.29, 0.717) is 19.4 Å². The van der Waals surface area contributed by atoms with Gasteiger partial charge in [0.05, 0.1) is 0 Å². The first kappa shape index (κ1) is 18.9. The monoisotopic (exact) mass is 312 g/mol. The third-order valence-corrected chi connectivity index (χ3v) is 4.30. The summed E-state index contributed by atoms with van der Waals surface area (Å²) in [4.78, 5) is 22.6. The van der Waals surface area contributed by atoms with E-state index in [1.54, 1.807) is 0 Å². The quantitative estimate of drug-likeness (QED) is 0.484. The minimum Gasteiger partial charge on any atom is -0.480 e. The Labute approximate surface area is 134 Å². The number of rotatable bonds is 12. The molecule has 1 heterocycles. The second kappa shape index (κ2) is 11.5. The molecule has 0 unspecified atom stereocenters. The number of hydrogen-bond donors (Lipinski definition) is 3. The zero-order valence-electron chi connectivity index (χ0n) is 13.9. The van der Waals surface area contributed by atoms with E-state index in [1.807, 2.05) is 0 Å². The Bertz CT molecular complexity index is 334. The number of nitrogens with one attached hydrogen (secondary N) is 2. The minimum atomic E-state index is -0.837. The van der Waals surface area contributed by atoms with E-state index >= 15 is 0 Å². The van der Waals surface area contributed by atoms with Gasteiger partial charge < -0.3 is 15.7 Å². The smallest absolute Gasteiger partial charge is 0.320 e. The van der Waals surface area contributed by atoms with E-state index in [1.165, 1.54) is 44.9 Å². The summed E-state index contributed by atoms with van der Waals surface area (Å²) < 4.78 is 0. The van der Waals surface area contributed by atoms with Crippen molar-refractivity contribution in [2.45, 2.75) is 89.6 Å². The van der Waals surface area contributed by atoms with Gasteiger partial charge in [0.15, 0.2) is 0 Å². The summed E-state index contributed by atoms with van der Waals surface area (Å²) in [5, 5.41) is 14.7. The Morgan fingerprint density at radius 2 is 1.64 bits per heavy atom. The highest BCUT2D eigenvalue weighted by Gasteiger charge is 2.29. The summed E-state index contributed by atoms with van der Waals surface area (Å²) in [5.41, 5.74) is 0. The van der Waals surface area contributed by atoms with Gasteiger partial charge in [0.25, 0.3) is 0 Å². The molecular weight excluding hydrogens is 280 g/mol. The van der Waals surface area contributed by atoms with Crippen molar-refractivity contribution in [1.82, 2.24) is 10.6 Å². The van der Waals surface area contributed by atoms with Gasteiger partial charge in [0, 0.05) is 19.0 Å². The second-order valence-electron chi connectivity index (χ2n) is 6.38. The summed E-state index contributed by atoms with van der Waals surface area (Å²) >= 11 is 0. The van der Waals surface area contributed by atoms with Gasteiger partial charge in [-0.25, -0.2) is 0 Å². The Morgan fingerprint density at radius 1 is 1.05 bits per heavy atom. The molecule has 1 fully saturated rings. The van der Waals surface area contributed by atoms with Gasteiger partial charge in [-0.2, -0.15) is 0 Å². The molecule has 1 saturated heterocycles. The molecule has 0 spiro atoms. The standard InChI is InChI=1S/C17H32N2O3/c1-2-3-4-5-6-7-8-9-10-11-16(20)19-14-12-15(17(21)22)18-13-14/h14-15,18H,2-13H2,1H3,(H,19,20)(H,21,22)/t14-,15+/m0/s1. The van der Waals surface area contributed by atoms with Crippen molar-refractivity contribution < 1.29 is 14.7 Å². The summed E-state index contributed by atoms with van der Waals surface area (Å²) in [6, 6.07) is -0.551. The predicted molar refractivity (Wildman–Crippen MR) is 87.8 cm³/mol. The SMILES string of the molecule is CCCCCCCCCCCC(=O)N[C@@H]1CN[C@@H](C(=O)O)C1. The molecule has 0 saturated carbocycles. The van der Waals surface area contributed by atoms with Crippen molar-refractivity contribution in [3.8, 4) is 0 Å². The Hall–Kier alpha value is -1.10. The number of amides is 1. The highest BCUT2D eigenvalue weighted by atomic mass is 16.4. The number of carboxylic acid groups (broad SMARTS) is 1. The Morgan fingerprint density at radius 3 is 2.18 bits per heavy atom. The molecule has 0 aromatic heterocycles. The van der Waals surface area contributed by atoms with Crippen molar-refractivity contribution in [3.63, 3.8) is 0 Å². The van der Waals surface area contributed by atoms with Crippen molar-refractivity contribution in [2.24, 2.45) is 0 Å². The average Bonchev–Trinajstić information content (AvgIpc) is 2.94. The topological polar surface area (TPSA) is 78.4 Å². The van der Waals surface area contributed by atoms with Crippen LogP contribution in [-0.2, 0) is 9.59 Å². The molecule has 1 rings (SSSR count). The molecule has 0 bridgehead atoms. The molecule has 5 nitrogen and oxygen atoms in total. The maximum atomic E-state index is 11.8. The Kier molecular flexibility index (Phi) is 9.87. The fourth-order valence-corrected chi connectivity index (χ4v) is 2.93. The first-order valence-corrected chi connectivity index (χ1v) is 8.89. The van der Waals surface area contributed by atoms with Crippen LogP contribution in [0, 0.1) is 0 Å². The van der Waals surface area contributed by atoms with Crippen molar-refractivity contribution in [3.05, 3.63) is 0 Å². The van der Waals surface area contributed by atoms with Crippen LogP contribution in [-0.4, -0.2) is 35.6 Å². The number of aliphatic carboxylic acids is 1. The minimum absolute atomic E-state index is 0.0350. The lowest BCUT2D eigenvalue weighted by Crippen LogP contribution is -2.35. The van der Waals surface area contributed by atoms with Gasteiger partial charge in [-0.3, -0.25) is 9.59 Å². The molecule has 2 atom stereocenters. The number of carboxylic acids is 1. The largest absolute Gasteiger partial charge is 0.480 e. The molecule has 1 aliphatic rings. The normalized spacial score (nSPS) is 21.0. The fourth-order valence-electron chi connectivity index (χ4n) is 2.93. The highest BCUT2D eigenvalue weighted by Crippen LogP contribution is 2.11. The third kappa shape index (κ3) is 8.37. The van der Waals surface area contributed by atoms with Gasteiger partial charge in [0.1, 0.15) is 6.04 Å². The van der Waals surface area contributed by atoms with Crippen LogP contribution in [0.1, 0.15) is 77.6 Å². The molecule has 0 aromatic rings. The van der Waals surface area contributed by atoms with Crippen LogP contribution in [0.2, 0.25) is 0 Å². The number of unbranched alkanes of at least 4 members (excludes halogenated alkanes) is 8. The molecule has 0 radical (unpaired) electrons. The van der Waals surface area contributed by atoms with Gasteiger partial charge in [-0.05, 0) is 12.8 Å². The van der Waals surface area contributed by atoms with Crippen LogP contribution in [0.4, 0.5) is 0 Å². The maximum absolute atomic E-state index is 11.8. The summed E-state index contributed by atoms with van der Waals surface area (Å²) in [7, 11) is 0. The molecular formula is C17H32N2O3. The number of carbonyl (C=O) groups excluding carboxylic acids is 1. The lowest BCUT2D eigenvalue weighted by atomic mass is 10.1. The Balaban J connectivity index is 1.93. The molecule has 0 aromatic carbocycles. The van der Waals surface area contributed by atoms with Gasteiger partial charge in [-0.15, -0.1) is 0 Å². The van der Waals surface area contributed by atoms with Gasteiger partial charge in [-0.1, -0.05) is 58.3 Å². The zero-order chi connectivity index (χ0) is 16.2.